The average molecular weight is 410 g/mol. The second-order valence-corrected chi connectivity index (χ2v) is 6.47. The van der Waals surface area contributed by atoms with Crippen LogP contribution < -0.4 is 5.32 Å². The van der Waals surface area contributed by atoms with Gasteiger partial charge in [-0.3, -0.25) is 19.7 Å². The minimum atomic E-state index is -0.506. The van der Waals surface area contributed by atoms with Gasteiger partial charge in [-0.2, -0.15) is 0 Å². The number of non-ortho nitro benzene ring substituents is 1. The second kappa shape index (κ2) is 9.34. The molecule has 0 spiro atoms. The van der Waals surface area contributed by atoms with Gasteiger partial charge in [0.2, 0.25) is 11.8 Å². The zero-order valence-corrected chi connectivity index (χ0v) is 16.0. The molecule has 27 heavy (non-hydrogen) atoms. The molecule has 0 saturated heterocycles. The summed E-state index contributed by atoms with van der Waals surface area (Å²) in [4.78, 5) is 36.3. The molecular formula is C18H17Cl2N3O4. The fourth-order valence-electron chi connectivity index (χ4n) is 2.37. The molecule has 2 rings (SSSR count). The van der Waals surface area contributed by atoms with Crippen LogP contribution in [0.5, 0.6) is 0 Å². The second-order valence-electron chi connectivity index (χ2n) is 5.65. The molecule has 0 aliphatic rings. The number of nitrogens with one attached hydrogen (secondary N) is 1. The van der Waals surface area contributed by atoms with Crippen molar-refractivity contribution < 1.29 is 14.5 Å². The molecule has 0 aromatic heterocycles. The Kier molecular flexibility index (Phi) is 7.15. The van der Waals surface area contributed by atoms with Crippen molar-refractivity contribution in [3.8, 4) is 0 Å². The number of nitrogens with zero attached hydrogens (tertiary/aromatic N) is 2. The first-order valence-electron chi connectivity index (χ1n) is 8.06. The Balaban J connectivity index is 2.00. The van der Waals surface area contributed by atoms with E-state index in [2.05, 4.69) is 5.32 Å². The third-order valence-corrected chi connectivity index (χ3v) is 4.43. The summed E-state index contributed by atoms with van der Waals surface area (Å²) in [7, 11) is 0. The van der Waals surface area contributed by atoms with Crippen molar-refractivity contribution in [1.82, 2.24) is 4.90 Å². The van der Waals surface area contributed by atoms with Crippen molar-refractivity contribution in [2.75, 3.05) is 18.4 Å². The summed E-state index contributed by atoms with van der Waals surface area (Å²) in [5, 5.41) is 13.9. The normalized spacial score (nSPS) is 10.3. The number of rotatable bonds is 7. The van der Waals surface area contributed by atoms with E-state index in [0.29, 0.717) is 27.8 Å². The molecule has 9 heteroatoms. The summed E-state index contributed by atoms with van der Waals surface area (Å²) in [5.74, 6) is -0.698. The van der Waals surface area contributed by atoms with Crippen molar-refractivity contribution in [1.29, 1.82) is 0 Å². The predicted molar refractivity (Wildman–Crippen MR) is 104 cm³/mol. The molecule has 2 aromatic carbocycles. The first-order valence-corrected chi connectivity index (χ1v) is 8.82. The van der Waals surface area contributed by atoms with Crippen molar-refractivity contribution in [3.63, 3.8) is 0 Å². The predicted octanol–water partition coefficient (Wildman–Crippen LogP) is 3.93. The fourth-order valence-corrected chi connectivity index (χ4v) is 2.86. The Morgan fingerprint density at radius 3 is 2.22 bits per heavy atom. The van der Waals surface area contributed by atoms with Gasteiger partial charge in [-0.1, -0.05) is 41.4 Å². The van der Waals surface area contributed by atoms with Gasteiger partial charge in [0, 0.05) is 18.7 Å². The molecule has 142 valence electrons. The number of hydrogen-bond donors (Lipinski definition) is 1. The Morgan fingerprint density at radius 1 is 1.11 bits per heavy atom. The Labute approximate surface area is 166 Å². The molecule has 0 bridgehead atoms. The van der Waals surface area contributed by atoms with Crippen LogP contribution in [0, 0.1) is 10.1 Å². The molecular weight excluding hydrogens is 393 g/mol. The standard InChI is InChI=1S/C18H17Cl2N3O4/c1-2-22(11-16(24)21-18-14(19)4-3-5-15(18)20)17(25)10-12-6-8-13(9-7-12)23(26)27/h3-9H,2,10-11H2,1H3,(H,21,24). The molecule has 7 nitrogen and oxygen atoms in total. The first-order chi connectivity index (χ1) is 12.8. The maximum atomic E-state index is 12.4. The van der Waals surface area contributed by atoms with Crippen molar-refractivity contribution in [3.05, 3.63) is 68.2 Å². The molecule has 0 unspecified atom stereocenters. The summed E-state index contributed by atoms with van der Waals surface area (Å²) >= 11 is 12.0. The number of halogens is 2. The van der Waals surface area contributed by atoms with Crippen LogP contribution in [0.3, 0.4) is 0 Å². The number of hydrogen-bond acceptors (Lipinski definition) is 4. The van der Waals surface area contributed by atoms with Gasteiger partial charge in [0.25, 0.3) is 5.69 Å². The smallest absolute Gasteiger partial charge is 0.269 e. The molecule has 0 atom stereocenters. The number of benzene rings is 2. The molecule has 0 radical (unpaired) electrons. The van der Waals surface area contributed by atoms with E-state index in [1.165, 1.54) is 29.2 Å². The van der Waals surface area contributed by atoms with Gasteiger partial charge in [0.05, 0.1) is 33.6 Å². The van der Waals surface area contributed by atoms with E-state index in [-0.39, 0.29) is 24.6 Å². The highest BCUT2D eigenvalue weighted by atomic mass is 35.5. The lowest BCUT2D eigenvalue weighted by Gasteiger charge is -2.21. The van der Waals surface area contributed by atoms with Crippen molar-refractivity contribution in [2.45, 2.75) is 13.3 Å². The van der Waals surface area contributed by atoms with E-state index < -0.39 is 10.8 Å². The van der Waals surface area contributed by atoms with Gasteiger partial charge in [-0.25, -0.2) is 0 Å². The molecule has 0 aliphatic heterocycles. The number of amides is 2. The Morgan fingerprint density at radius 2 is 1.70 bits per heavy atom. The maximum absolute atomic E-state index is 12.4. The van der Waals surface area contributed by atoms with E-state index in [1.54, 1.807) is 25.1 Å². The van der Waals surface area contributed by atoms with Crippen LogP contribution in [0.2, 0.25) is 10.0 Å². The topological polar surface area (TPSA) is 92.6 Å². The monoisotopic (exact) mass is 409 g/mol. The quantitative estimate of drug-likeness (QED) is 0.553. The van der Waals surface area contributed by atoms with E-state index >= 15 is 0 Å². The minimum absolute atomic E-state index is 0.0337. The van der Waals surface area contributed by atoms with E-state index in [9.17, 15) is 19.7 Å². The van der Waals surface area contributed by atoms with E-state index in [0.717, 1.165) is 0 Å². The fraction of sp³-hybridized carbons (Fsp3) is 0.222. The number of carbonyl (C=O) groups is 2. The summed E-state index contributed by atoms with van der Waals surface area (Å²) < 4.78 is 0. The highest BCUT2D eigenvalue weighted by Gasteiger charge is 2.18. The summed E-state index contributed by atoms with van der Waals surface area (Å²) in [6.45, 7) is 1.92. The number of nitro groups is 1. The number of carbonyl (C=O) groups excluding carboxylic acids is 2. The summed E-state index contributed by atoms with van der Waals surface area (Å²) in [5.41, 5.74) is 0.873. The van der Waals surface area contributed by atoms with Crippen LogP contribution in [0.15, 0.2) is 42.5 Å². The average Bonchev–Trinajstić information content (AvgIpc) is 2.63. The zero-order chi connectivity index (χ0) is 20.0. The minimum Gasteiger partial charge on any atom is -0.333 e. The van der Waals surface area contributed by atoms with E-state index in [4.69, 9.17) is 23.2 Å². The lowest BCUT2D eigenvalue weighted by molar-refractivity contribution is -0.384. The van der Waals surface area contributed by atoms with Gasteiger partial charge in [0.1, 0.15) is 0 Å². The van der Waals surface area contributed by atoms with Gasteiger partial charge in [-0.05, 0) is 24.6 Å². The van der Waals surface area contributed by atoms with Crippen molar-refractivity contribution >= 4 is 46.4 Å². The molecule has 0 aliphatic carbocycles. The van der Waals surface area contributed by atoms with Crippen LogP contribution in [0.4, 0.5) is 11.4 Å². The van der Waals surface area contributed by atoms with Gasteiger partial charge >= 0.3 is 0 Å². The van der Waals surface area contributed by atoms with E-state index in [1.807, 2.05) is 0 Å². The summed E-state index contributed by atoms with van der Waals surface area (Å²) in [6, 6.07) is 10.6. The number of nitro benzene ring substituents is 1. The lowest BCUT2D eigenvalue weighted by Crippen LogP contribution is -2.38. The first kappa shape index (κ1) is 20.7. The third-order valence-electron chi connectivity index (χ3n) is 3.80. The highest BCUT2D eigenvalue weighted by Crippen LogP contribution is 2.29. The molecule has 0 heterocycles. The number of anilines is 1. The highest BCUT2D eigenvalue weighted by molar-refractivity contribution is 6.39. The zero-order valence-electron chi connectivity index (χ0n) is 14.4. The molecule has 1 N–H and O–H groups in total. The number of para-hydroxylation sites is 1. The Hall–Kier alpha value is -2.64. The summed E-state index contributed by atoms with van der Waals surface area (Å²) in [6.07, 6.45) is 0.0337. The van der Waals surface area contributed by atoms with Crippen molar-refractivity contribution in [2.24, 2.45) is 0 Å². The van der Waals surface area contributed by atoms with Gasteiger partial charge in [-0.15, -0.1) is 0 Å². The van der Waals surface area contributed by atoms with Gasteiger partial charge in [0.15, 0.2) is 0 Å². The van der Waals surface area contributed by atoms with Crippen LogP contribution >= 0.6 is 23.2 Å². The lowest BCUT2D eigenvalue weighted by atomic mass is 10.1. The van der Waals surface area contributed by atoms with Crippen LogP contribution in [0.1, 0.15) is 12.5 Å². The molecule has 2 aromatic rings. The van der Waals surface area contributed by atoms with Crippen LogP contribution in [-0.2, 0) is 16.0 Å². The molecule has 0 saturated carbocycles. The van der Waals surface area contributed by atoms with Crippen LogP contribution in [0.25, 0.3) is 0 Å². The van der Waals surface area contributed by atoms with Gasteiger partial charge < -0.3 is 10.2 Å². The number of likely N-dealkylation sites (N-methyl/N-ethyl adjacent to an activating group) is 1. The maximum Gasteiger partial charge on any atom is 0.269 e. The molecule has 2 amide bonds. The van der Waals surface area contributed by atoms with Crippen LogP contribution in [-0.4, -0.2) is 34.7 Å². The third kappa shape index (κ3) is 5.67. The molecule has 0 fully saturated rings. The largest absolute Gasteiger partial charge is 0.333 e. The Bertz CT molecular complexity index is 836. The SMILES string of the molecule is CCN(CC(=O)Nc1c(Cl)cccc1Cl)C(=O)Cc1ccc([N+](=O)[O-])cc1.